The fourth-order valence-corrected chi connectivity index (χ4v) is 3.19. The number of primary sulfonamides is 1. The van der Waals surface area contributed by atoms with Crippen molar-refractivity contribution in [3.05, 3.63) is 60.9 Å². The molecule has 24 heavy (non-hydrogen) atoms. The monoisotopic (exact) mass is 339 g/mol. The Morgan fingerprint density at radius 1 is 1.04 bits per heavy atom. The lowest BCUT2D eigenvalue weighted by Gasteiger charge is -2.04. The first-order valence-corrected chi connectivity index (χ1v) is 8.69. The highest BCUT2D eigenvalue weighted by Crippen LogP contribution is 2.34. The van der Waals surface area contributed by atoms with E-state index in [1.807, 2.05) is 30.5 Å². The smallest absolute Gasteiger partial charge is 0.238 e. The van der Waals surface area contributed by atoms with Crippen LogP contribution >= 0.6 is 0 Å². The van der Waals surface area contributed by atoms with Crippen molar-refractivity contribution in [3.63, 3.8) is 0 Å². The van der Waals surface area contributed by atoms with Crippen LogP contribution in [0.2, 0.25) is 0 Å². The molecule has 4 rings (SSSR count). The number of nitrogens with two attached hydrogens (primary N) is 1. The van der Waals surface area contributed by atoms with Gasteiger partial charge in [0.1, 0.15) is 5.69 Å². The lowest BCUT2D eigenvalue weighted by molar-refractivity contribution is 0.598. The summed E-state index contributed by atoms with van der Waals surface area (Å²) in [5, 5.41) is 16.7. The summed E-state index contributed by atoms with van der Waals surface area (Å²) in [6.45, 7) is 0. The van der Waals surface area contributed by atoms with Gasteiger partial charge in [-0.05, 0) is 35.9 Å². The Balaban J connectivity index is 1.97. The summed E-state index contributed by atoms with van der Waals surface area (Å²) in [5.41, 5.74) is 4.16. The number of rotatable bonds is 3. The first-order valence-electron chi connectivity index (χ1n) is 7.14. The van der Waals surface area contributed by atoms with E-state index in [2.05, 4.69) is 15.3 Å². The number of pyridine rings is 1. The predicted octanol–water partition coefficient (Wildman–Crippen LogP) is 2.04. The van der Waals surface area contributed by atoms with E-state index >= 15 is 0 Å². The highest BCUT2D eigenvalue weighted by atomic mass is 32.2. The van der Waals surface area contributed by atoms with Gasteiger partial charge in [-0.3, -0.25) is 5.10 Å². The van der Waals surface area contributed by atoms with Crippen molar-refractivity contribution in [2.45, 2.75) is 4.90 Å². The van der Waals surface area contributed by atoms with Crippen molar-refractivity contribution in [1.82, 2.24) is 19.8 Å². The largest absolute Gasteiger partial charge is 0.276 e. The van der Waals surface area contributed by atoms with Crippen LogP contribution in [0.25, 0.3) is 28.0 Å². The highest BCUT2D eigenvalue weighted by Gasteiger charge is 2.17. The maximum absolute atomic E-state index is 11.4. The van der Waals surface area contributed by atoms with Gasteiger partial charge in [0.2, 0.25) is 10.0 Å². The van der Waals surface area contributed by atoms with Crippen molar-refractivity contribution < 1.29 is 8.42 Å². The maximum Gasteiger partial charge on any atom is 0.238 e. The lowest BCUT2D eigenvalue weighted by atomic mass is 10.0. The van der Waals surface area contributed by atoms with Gasteiger partial charge >= 0.3 is 0 Å². The van der Waals surface area contributed by atoms with Gasteiger partial charge in [0.15, 0.2) is 0 Å². The number of benzene rings is 1. The van der Waals surface area contributed by atoms with E-state index in [1.165, 1.54) is 12.1 Å². The third-order valence-electron chi connectivity index (χ3n) is 3.77. The lowest BCUT2D eigenvalue weighted by Crippen LogP contribution is -2.11. The van der Waals surface area contributed by atoms with E-state index in [-0.39, 0.29) is 4.90 Å². The van der Waals surface area contributed by atoms with E-state index in [4.69, 9.17) is 5.14 Å². The van der Waals surface area contributed by atoms with Crippen LogP contribution in [0.1, 0.15) is 0 Å². The van der Waals surface area contributed by atoms with Gasteiger partial charge < -0.3 is 0 Å². The molecule has 3 N–H and O–H groups in total. The minimum absolute atomic E-state index is 0.0748. The number of sulfonamides is 1. The summed E-state index contributed by atoms with van der Waals surface area (Å²) in [4.78, 5) is 0.0748. The number of aromatic amines is 1. The number of nitrogens with zero attached hydrogens (tertiary/aromatic N) is 3. The quantitative estimate of drug-likeness (QED) is 0.595. The Labute approximate surface area is 137 Å². The summed E-state index contributed by atoms with van der Waals surface area (Å²) >= 11 is 0. The van der Waals surface area contributed by atoms with Gasteiger partial charge in [-0.15, -0.1) is 0 Å². The molecule has 0 spiro atoms. The molecule has 0 unspecified atom stereocenters. The average molecular weight is 339 g/mol. The van der Waals surface area contributed by atoms with Crippen molar-refractivity contribution in [2.75, 3.05) is 0 Å². The summed E-state index contributed by atoms with van der Waals surface area (Å²) in [6, 6.07) is 14.1. The molecule has 3 heterocycles. The predicted molar refractivity (Wildman–Crippen MR) is 89.6 cm³/mol. The summed E-state index contributed by atoms with van der Waals surface area (Å²) in [5.74, 6) is 0. The summed E-state index contributed by atoms with van der Waals surface area (Å²) < 4.78 is 24.7. The second kappa shape index (κ2) is 5.29. The molecule has 0 bridgehead atoms. The molecule has 0 radical (unpaired) electrons. The van der Waals surface area contributed by atoms with Crippen molar-refractivity contribution in [1.29, 1.82) is 0 Å². The van der Waals surface area contributed by atoms with Gasteiger partial charge in [0.05, 0.1) is 16.1 Å². The van der Waals surface area contributed by atoms with Crippen LogP contribution in [0.3, 0.4) is 0 Å². The van der Waals surface area contributed by atoms with Crippen LogP contribution in [0.4, 0.5) is 0 Å². The summed E-state index contributed by atoms with van der Waals surface area (Å²) in [7, 11) is -3.72. The van der Waals surface area contributed by atoms with Gasteiger partial charge in [0.25, 0.3) is 0 Å². The Morgan fingerprint density at radius 2 is 1.83 bits per heavy atom. The van der Waals surface area contributed by atoms with E-state index in [1.54, 1.807) is 22.8 Å². The molecule has 3 aromatic heterocycles. The van der Waals surface area contributed by atoms with Crippen LogP contribution in [-0.4, -0.2) is 28.2 Å². The van der Waals surface area contributed by atoms with Crippen LogP contribution in [0.5, 0.6) is 0 Å². The standard InChI is InChI=1S/C16H13N5O2S/c17-24(22,23)12-6-4-11(5-7-12)15-14-3-1-2-10-21(14)20-16(15)13-8-9-18-19-13/h1-10H,(H,18,19)(H2,17,22,23). The van der Waals surface area contributed by atoms with Gasteiger partial charge in [-0.2, -0.15) is 10.2 Å². The first-order chi connectivity index (χ1) is 11.5. The molecular formula is C16H13N5O2S. The second-order valence-corrected chi connectivity index (χ2v) is 6.86. The van der Waals surface area contributed by atoms with Crippen molar-refractivity contribution in [3.8, 4) is 22.5 Å². The molecule has 120 valence electrons. The van der Waals surface area contributed by atoms with Crippen LogP contribution in [0, 0.1) is 0 Å². The topological polar surface area (TPSA) is 106 Å². The molecule has 0 fully saturated rings. The van der Waals surface area contributed by atoms with Crippen LogP contribution in [0.15, 0.2) is 65.8 Å². The third-order valence-corrected chi connectivity index (χ3v) is 4.70. The normalized spacial score (nSPS) is 11.9. The molecule has 0 amide bonds. The molecule has 0 saturated carbocycles. The molecule has 4 aromatic rings. The van der Waals surface area contributed by atoms with Crippen molar-refractivity contribution >= 4 is 15.5 Å². The highest BCUT2D eigenvalue weighted by molar-refractivity contribution is 7.89. The Kier molecular flexibility index (Phi) is 3.22. The van der Waals surface area contributed by atoms with Crippen LogP contribution < -0.4 is 5.14 Å². The fourth-order valence-electron chi connectivity index (χ4n) is 2.67. The zero-order chi connectivity index (χ0) is 16.7. The third kappa shape index (κ3) is 2.38. The molecule has 8 heteroatoms. The Hall–Kier alpha value is -2.97. The molecule has 0 atom stereocenters. The van der Waals surface area contributed by atoms with E-state index in [0.29, 0.717) is 0 Å². The number of hydrogen-bond donors (Lipinski definition) is 2. The first kappa shape index (κ1) is 14.6. The second-order valence-electron chi connectivity index (χ2n) is 5.29. The maximum atomic E-state index is 11.4. The van der Waals surface area contributed by atoms with Gasteiger partial charge in [-0.25, -0.2) is 18.1 Å². The molecule has 7 nitrogen and oxygen atoms in total. The fraction of sp³-hybridized carbons (Fsp3) is 0. The molecule has 1 aromatic carbocycles. The van der Waals surface area contributed by atoms with E-state index in [0.717, 1.165) is 28.0 Å². The number of fused-ring (bicyclic) bond motifs is 1. The summed E-state index contributed by atoms with van der Waals surface area (Å²) in [6.07, 6.45) is 3.52. The number of aromatic nitrogens is 4. The Bertz CT molecular complexity index is 1110. The molecular weight excluding hydrogens is 326 g/mol. The van der Waals surface area contributed by atoms with E-state index in [9.17, 15) is 8.42 Å². The van der Waals surface area contributed by atoms with Crippen LogP contribution in [-0.2, 0) is 10.0 Å². The number of H-pyrrole nitrogens is 1. The number of hydrogen-bond acceptors (Lipinski definition) is 4. The molecule has 0 saturated heterocycles. The molecule has 0 aliphatic carbocycles. The Morgan fingerprint density at radius 3 is 2.50 bits per heavy atom. The van der Waals surface area contributed by atoms with E-state index < -0.39 is 10.0 Å². The van der Waals surface area contributed by atoms with Crippen molar-refractivity contribution in [2.24, 2.45) is 5.14 Å². The van der Waals surface area contributed by atoms with Gasteiger partial charge in [-0.1, -0.05) is 18.2 Å². The molecule has 0 aliphatic rings. The zero-order valence-corrected chi connectivity index (χ0v) is 13.2. The minimum atomic E-state index is -3.72. The average Bonchev–Trinajstić information content (AvgIpc) is 3.21. The minimum Gasteiger partial charge on any atom is -0.276 e. The number of nitrogens with one attached hydrogen (secondary N) is 1. The zero-order valence-electron chi connectivity index (χ0n) is 12.4. The molecule has 0 aliphatic heterocycles. The SMILES string of the molecule is NS(=O)(=O)c1ccc(-c2c(-c3ccn[nH]3)nn3ccccc23)cc1. The van der Waals surface area contributed by atoms with Gasteiger partial charge in [0, 0.05) is 18.0 Å².